The van der Waals surface area contributed by atoms with Crippen molar-refractivity contribution in [2.24, 2.45) is 0 Å². The van der Waals surface area contributed by atoms with Crippen LogP contribution < -0.4 is 0 Å². The molecule has 0 aromatic heterocycles. The number of phenols is 1. The Labute approximate surface area is 126 Å². The third-order valence-electron chi connectivity index (χ3n) is 3.57. The normalized spacial score (nSPS) is 10.4. The summed E-state index contributed by atoms with van der Waals surface area (Å²) >= 11 is 0. The van der Waals surface area contributed by atoms with E-state index in [1.165, 1.54) is 0 Å². The number of hydrogen-bond donors (Lipinski definition) is 2. The van der Waals surface area contributed by atoms with Crippen LogP contribution in [0.3, 0.4) is 0 Å². The SMILES string of the molecule is C=C(C)CCC(=N)c1ccc(-c2ccccc2O)c(C)c1. The van der Waals surface area contributed by atoms with Gasteiger partial charge < -0.3 is 10.5 Å². The number of hydrogen-bond acceptors (Lipinski definition) is 2. The van der Waals surface area contributed by atoms with Crippen LogP contribution in [0.1, 0.15) is 30.9 Å². The Hall–Kier alpha value is -2.35. The Morgan fingerprint density at radius 3 is 2.43 bits per heavy atom. The molecule has 0 fully saturated rings. The van der Waals surface area contributed by atoms with Gasteiger partial charge in [-0.05, 0) is 55.5 Å². The van der Waals surface area contributed by atoms with Gasteiger partial charge in [-0.15, -0.1) is 6.58 Å². The van der Waals surface area contributed by atoms with Gasteiger partial charge in [0.05, 0.1) is 0 Å². The van der Waals surface area contributed by atoms with E-state index in [0.29, 0.717) is 12.1 Å². The summed E-state index contributed by atoms with van der Waals surface area (Å²) in [6, 6.07) is 13.3. The molecule has 2 nitrogen and oxygen atoms in total. The maximum Gasteiger partial charge on any atom is 0.123 e. The highest BCUT2D eigenvalue weighted by Crippen LogP contribution is 2.31. The lowest BCUT2D eigenvalue weighted by Gasteiger charge is -2.11. The first-order chi connectivity index (χ1) is 9.99. The molecule has 0 spiro atoms. The van der Waals surface area contributed by atoms with Gasteiger partial charge in [0.2, 0.25) is 0 Å². The monoisotopic (exact) mass is 279 g/mol. The molecule has 0 aliphatic carbocycles. The third kappa shape index (κ3) is 3.60. The summed E-state index contributed by atoms with van der Waals surface area (Å²) in [6.07, 6.45) is 1.56. The van der Waals surface area contributed by atoms with Crippen molar-refractivity contribution in [1.82, 2.24) is 0 Å². The number of aryl methyl sites for hydroxylation is 1. The molecule has 2 heteroatoms. The van der Waals surface area contributed by atoms with Crippen LogP contribution in [0.25, 0.3) is 11.1 Å². The van der Waals surface area contributed by atoms with Gasteiger partial charge in [-0.25, -0.2) is 0 Å². The van der Waals surface area contributed by atoms with Gasteiger partial charge in [0.15, 0.2) is 0 Å². The van der Waals surface area contributed by atoms with Gasteiger partial charge in [0.25, 0.3) is 0 Å². The highest BCUT2D eigenvalue weighted by molar-refractivity contribution is 5.99. The van der Waals surface area contributed by atoms with Crippen LogP contribution in [0.4, 0.5) is 0 Å². The zero-order chi connectivity index (χ0) is 15.4. The predicted octanol–water partition coefficient (Wildman–Crippen LogP) is 5.09. The first-order valence-corrected chi connectivity index (χ1v) is 7.10. The van der Waals surface area contributed by atoms with Gasteiger partial charge in [-0.2, -0.15) is 0 Å². The first kappa shape index (κ1) is 15.0. The molecule has 21 heavy (non-hydrogen) atoms. The molecule has 0 atom stereocenters. The lowest BCUT2D eigenvalue weighted by atomic mass is 9.95. The molecule has 0 saturated carbocycles. The van der Waals surface area contributed by atoms with E-state index in [0.717, 1.165) is 34.2 Å². The number of nitrogens with one attached hydrogen (secondary N) is 1. The second-order valence-electron chi connectivity index (χ2n) is 5.48. The summed E-state index contributed by atoms with van der Waals surface area (Å²) in [5.41, 5.74) is 5.56. The second-order valence-corrected chi connectivity index (χ2v) is 5.48. The molecule has 0 unspecified atom stereocenters. The van der Waals surface area contributed by atoms with Crippen molar-refractivity contribution in [2.45, 2.75) is 26.7 Å². The minimum atomic E-state index is 0.283. The number of allylic oxidation sites excluding steroid dienone is 1. The van der Waals surface area contributed by atoms with Gasteiger partial charge in [0.1, 0.15) is 5.75 Å². The van der Waals surface area contributed by atoms with Crippen molar-refractivity contribution in [1.29, 1.82) is 5.41 Å². The minimum absolute atomic E-state index is 0.283. The average molecular weight is 279 g/mol. The number of phenolic OH excluding ortho intramolecular Hbond substituents is 1. The van der Waals surface area contributed by atoms with Crippen molar-refractivity contribution in [3.05, 3.63) is 65.7 Å². The Morgan fingerprint density at radius 2 is 1.81 bits per heavy atom. The minimum Gasteiger partial charge on any atom is -0.507 e. The van der Waals surface area contributed by atoms with E-state index in [1.807, 2.05) is 50.2 Å². The molecular formula is C19H21NO. The van der Waals surface area contributed by atoms with Crippen LogP contribution in [0.15, 0.2) is 54.6 Å². The topological polar surface area (TPSA) is 44.1 Å². The molecule has 0 saturated heterocycles. The van der Waals surface area contributed by atoms with Gasteiger partial charge >= 0.3 is 0 Å². The molecule has 2 N–H and O–H groups in total. The molecule has 0 heterocycles. The summed E-state index contributed by atoms with van der Waals surface area (Å²) in [4.78, 5) is 0. The third-order valence-corrected chi connectivity index (χ3v) is 3.57. The highest BCUT2D eigenvalue weighted by Gasteiger charge is 2.09. The molecule has 2 aromatic carbocycles. The Bertz CT molecular complexity index is 686. The molecule has 2 rings (SSSR count). The number of benzene rings is 2. The summed E-state index contributed by atoms with van der Waals surface area (Å²) < 4.78 is 0. The standard InChI is InChI=1S/C19H21NO/c1-13(2)8-11-18(20)15-9-10-16(14(3)12-15)17-6-4-5-7-19(17)21/h4-7,9-10,12,20-21H,1,8,11H2,2-3H3. The van der Waals surface area contributed by atoms with E-state index in [4.69, 9.17) is 5.41 Å². The summed E-state index contributed by atoms with van der Waals surface area (Å²) in [5.74, 6) is 0.283. The second kappa shape index (κ2) is 6.40. The summed E-state index contributed by atoms with van der Waals surface area (Å²) in [7, 11) is 0. The van der Waals surface area contributed by atoms with E-state index in [-0.39, 0.29) is 5.75 Å². The van der Waals surface area contributed by atoms with E-state index in [1.54, 1.807) is 6.07 Å². The average Bonchev–Trinajstić information content (AvgIpc) is 2.45. The number of aromatic hydroxyl groups is 1. The van der Waals surface area contributed by atoms with Crippen LogP contribution in [-0.4, -0.2) is 10.8 Å². The van der Waals surface area contributed by atoms with Gasteiger partial charge in [-0.1, -0.05) is 35.9 Å². The van der Waals surface area contributed by atoms with Crippen LogP contribution >= 0.6 is 0 Å². The van der Waals surface area contributed by atoms with Crippen molar-refractivity contribution in [3.8, 4) is 16.9 Å². The lowest BCUT2D eigenvalue weighted by Crippen LogP contribution is -2.00. The molecule has 108 valence electrons. The van der Waals surface area contributed by atoms with Gasteiger partial charge in [0, 0.05) is 11.3 Å². The zero-order valence-corrected chi connectivity index (χ0v) is 12.6. The van der Waals surface area contributed by atoms with Gasteiger partial charge in [-0.3, -0.25) is 0 Å². The van der Waals surface area contributed by atoms with Crippen molar-refractivity contribution in [3.63, 3.8) is 0 Å². The van der Waals surface area contributed by atoms with Crippen molar-refractivity contribution < 1.29 is 5.11 Å². The fraction of sp³-hybridized carbons (Fsp3) is 0.211. The van der Waals surface area contributed by atoms with E-state index >= 15 is 0 Å². The van der Waals surface area contributed by atoms with E-state index < -0.39 is 0 Å². The predicted molar refractivity (Wildman–Crippen MR) is 89.2 cm³/mol. The smallest absolute Gasteiger partial charge is 0.123 e. The molecule has 0 radical (unpaired) electrons. The largest absolute Gasteiger partial charge is 0.507 e. The van der Waals surface area contributed by atoms with Crippen LogP contribution in [0, 0.1) is 12.3 Å². The molecule has 0 bridgehead atoms. The fourth-order valence-corrected chi connectivity index (χ4v) is 2.34. The van der Waals surface area contributed by atoms with Crippen LogP contribution in [0.5, 0.6) is 5.75 Å². The van der Waals surface area contributed by atoms with Crippen LogP contribution in [0.2, 0.25) is 0 Å². The zero-order valence-electron chi connectivity index (χ0n) is 12.6. The summed E-state index contributed by atoms with van der Waals surface area (Å²) in [5, 5.41) is 18.1. The maximum atomic E-state index is 9.96. The fourth-order valence-electron chi connectivity index (χ4n) is 2.34. The van der Waals surface area contributed by atoms with Crippen molar-refractivity contribution >= 4 is 5.71 Å². The Morgan fingerprint density at radius 1 is 1.10 bits per heavy atom. The first-order valence-electron chi connectivity index (χ1n) is 7.10. The maximum absolute atomic E-state index is 9.96. The van der Waals surface area contributed by atoms with E-state index in [9.17, 15) is 5.11 Å². The highest BCUT2D eigenvalue weighted by atomic mass is 16.3. The van der Waals surface area contributed by atoms with Crippen LogP contribution in [-0.2, 0) is 0 Å². The molecular weight excluding hydrogens is 258 g/mol. The Kier molecular flexibility index (Phi) is 4.59. The molecule has 2 aromatic rings. The van der Waals surface area contributed by atoms with Crippen molar-refractivity contribution in [2.75, 3.05) is 0 Å². The van der Waals surface area contributed by atoms with E-state index in [2.05, 4.69) is 6.58 Å². The number of para-hydroxylation sites is 1. The molecule has 0 amide bonds. The number of rotatable bonds is 5. The molecule has 0 aliphatic heterocycles. The Balaban J connectivity index is 2.28. The quantitative estimate of drug-likeness (QED) is 0.581. The molecule has 0 aliphatic rings. The summed E-state index contributed by atoms with van der Waals surface area (Å²) in [6.45, 7) is 7.87. The lowest BCUT2D eigenvalue weighted by molar-refractivity contribution is 0.477.